The molecule has 1 saturated heterocycles. The first-order valence-corrected chi connectivity index (χ1v) is 11.5. The van der Waals surface area contributed by atoms with Crippen molar-refractivity contribution in [2.24, 2.45) is 0 Å². The molecule has 31 heavy (non-hydrogen) atoms. The molecule has 2 aliphatic heterocycles. The Hall–Kier alpha value is -3.18. The number of hydrogen-bond acceptors (Lipinski definition) is 8. The van der Waals surface area contributed by atoms with Gasteiger partial charge in [-0.15, -0.1) is 0 Å². The van der Waals surface area contributed by atoms with Crippen molar-refractivity contribution in [2.45, 2.75) is 11.3 Å². The van der Waals surface area contributed by atoms with Crippen LogP contribution >= 0.6 is 0 Å². The predicted octanol–water partition coefficient (Wildman–Crippen LogP) is 1.33. The molecule has 10 nitrogen and oxygen atoms in total. The van der Waals surface area contributed by atoms with Crippen LogP contribution < -0.4 is 14.4 Å². The van der Waals surface area contributed by atoms with E-state index in [9.17, 15) is 8.42 Å². The molecule has 0 bridgehead atoms. The lowest BCUT2D eigenvalue weighted by Gasteiger charge is -2.34. The lowest BCUT2D eigenvalue weighted by Crippen LogP contribution is -2.49. The molecule has 2 aliphatic rings. The number of piperazine rings is 1. The molecule has 4 heterocycles. The summed E-state index contributed by atoms with van der Waals surface area (Å²) in [6.45, 7) is 2.84. The van der Waals surface area contributed by atoms with E-state index >= 15 is 0 Å². The van der Waals surface area contributed by atoms with Gasteiger partial charge in [-0.2, -0.15) is 9.40 Å². The molecule has 0 unspecified atom stereocenters. The molecule has 0 aliphatic carbocycles. The number of hydrogen-bond donors (Lipinski definition) is 0. The normalized spacial score (nSPS) is 17.4. The zero-order valence-corrected chi connectivity index (χ0v) is 17.6. The Morgan fingerprint density at radius 2 is 1.68 bits per heavy atom. The lowest BCUT2D eigenvalue weighted by atomic mass is 10.3. The van der Waals surface area contributed by atoms with Crippen molar-refractivity contribution in [1.29, 1.82) is 0 Å². The molecule has 0 spiro atoms. The zero-order chi connectivity index (χ0) is 21.3. The summed E-state index contributed by atoms with van der Waals surface area (Å²) < 4.78 is 40.8. The molecule has 5 rings (SSSR count). The fourth-order valence-corrected chi connectivity index (χ4v) is 5.09. The molecule has 0 atom stereocenters. The molecule has 11 heteroatoms. The van der Waals surface area contributed by atoms with Gasteiger partial charge in [0.1, 0.15) is 12.1 Å². The Kier molecular flexibility index (Phi) is 5.20. The lowest BCUT2D eigenvalue weighted by molar-refractivity contribution is 0.296. The molecule has 0 radical (unpaired) electrons. The van der Waals surface area contributed by atoms with Crippen molar-refractivity contribution in [2.75, 3.05) is 44.3 Å². The van der Waals surface area contributed by atoms with Gasteiger partial charge in [0.05, 0.1) is 18.1 Å². The molecule has 2 aromatic heterocycles. The average Bonchev–Trinajstić information content (AvgIpc) is 3.24. The quantitative estimate of drug-likeness (QED) is 0.596. The molecule has 3 aromatic rings. The summed E-state index contributed by atoms with van der Waals surface area (Å²) in [6, 6.07) is 8.48. The van der Waals surface area contributed by atoms with Gasteiger partial charge >= 0.3 is 0 Å². The summed E-state index contributed by atoms with van der Waals surface area (Å²) in [5, 5.41) is 4.19. The summed E-state index contributed by atoms with van der Waals surface area (Å²) in [4.78, 5) is 10.9. The van der Waals surface area contributed by atoms with Crippen molar-refractivity contribution in [3.8, 4) is 17.3 Å². The van der Waals surface area contributed by atoms with Gasteiger partial charge in [0, 0.05) is 57.1 Å². The number of nitrogens with zero attached hydrogens (tertiary/aromatic N) is 6. The van der Waals surface area contributed by atoms with Crippen LogP contribution in [0.5, 0.6) is 11.5 Å². The number of benzene rings is 1. The third-order valence-corrected chi connectivity index (χ3v) is 7.19. The molecular weight excluding hydrogens is 420 g/mol. The number of sulfonamides is 1. The van der Waals surface area contributed by atoms with Gasteiger partial charge in [-0.25, -0.2) is 23.1 Å². The van der Waals surface area contributed by atoms with Crippen LogP contribution in [-0.4, -0.2) is 71.9 Å². The Morgan fingerprint density at radius 3 is 2.45 bits per heavy atom. The third-order valence-electron chi connectivity index (χ3n) is 5.30. The monoisotopic (exact) mass is 442 g/mol. The molecule has 1 aromatic carbocycles. The summed E-state index contributed by atoms with van der Waals surface area (Å²) in [5.41, 5.74) is 0. The number of anilines is 1. The van der Waals surface area contributed by atoms with E-state index in [-0.39, 0.29) is 4.90 Å². The second-order valence-corrected chi connectivity index (χ2v) is 9.17. The van der Waals surface area contributed by atoms with Crippen LogP contribution in [0.15, 0.2) is 53.9 Å². The van der Waals surface area contributed by atoms with E-state index in [1.165, 1.54) is 10.6 Å². The highest BCUT2D eigenvalue weighted by atomic mass is 32.2. The zero-order valence-electron chi connectivity index (χ0n) is 16.8. The predicted molar refractivity (Wildman–Crippen MR) is 112 cm³/mol. The Balaban J connectivity index is 1.30. The maximum atomic E-state index is 13.2. The van der Waals surface area contributed by atoms with Crippen LogP contribution in [0.2, 0.25) is 0 Å². The SMILES string of the molecule is O=S(=O)(c1ccc2c(c1)OCCCO2)N1CCN(c2cc(-n3cccn3)ncn2)CC1. The minimum absolute atomic E-state index is 0.216. The van der Waals surface area contributed by atoms with Crippen LogP contribution in [0.4, 0.5) is 5.82 Å². The van der Waals surface area contributed by atoms with Crippen molar-refractivity contribution >= 4 is 15.8 Å². The maximum Gasteiger partial charge on any atom is 0.243 e. The van der Waals surface area contributed by atoms with Crippen molar-refractivity contribution in [3.63, 3.8) is 0 Å². The van der Waals surface area contributed by atoms with Crippen molar-refractivity contribution < 1.29 is 17.9 Å². The highest BCUT2D eigenvalue weighted by Crippen LogP contribution is 2.33. The fourth-order valence-electron chi connectivity index (χ4n) is 3.65. The van der Waals surface area contributed by atoms with Crippen LogP contribution in [0.25, 0.3) is 5.82 Å². The van der Waals surface area contributed by atoms with Gasteiger partial charge in [0.15, 0.2) is 17.3 Å². The number of fused-ring (bicyclic) bond motifs is 1. The van der Waals surface area contributed by atoms with Crippen molar-refractivity contribution in [3.05, 3.63) is 49.1 Å². The fraction of sp³-hybridized carbons (Fsp3) is 0.350. The van der Waals surface area contributed by atoms with Crippen LogP contribution in [0.1, 0.15) is 6.42 Å². The third kappa shape index (κ3) is 3.93. The molecule has 1 fully saturated rings. The van der Waals surface area contributed by atoms with E-state index in [0.29, 0.717) is 56.7 Å². The van der Waals surface area contributed by atoms with Crippen molar-refractivity contribution in [1.82, 2.24) is 24.1 Å². The van der Waals surface area contributed by atoms with Gasteiger partial charge in [-0.3, -0.25) is 0 Å². The van der Waals surface area contributed by atoms with Gasteiger partial charge < -0.3 is 14.4 Å². The van der Waals surface area contributed by atoms with E-state index in [1.807, 2.05) is 18.3 Å². The maximum absolute atomic E-state index is 13.2. The molecule has 0 saturated carbocycles. The second kappa shape index (κ2) is 8.16. The van der Waals surface area contributed by atoms with Crippen LogP contribution in [-0.2, 0) is 10.0 Å². The standard InChI is InChI=1S/C20H22N6O4S/c27-31(28,16-3-4-17-18(13-16)30-12-2-11-29-17)25-9-7-24(8-10-25)19-14-20(22-15-21-19)26-6-1-5-23-26/h1,3-6,13-15H,2,7-12H2. The largest absolute Gasteiger partial charge is 0.490 e. The van der Waals surface area contributed by atoms with Gasteiger partial charge in [-0.1, -0.05) is 0 Å². The molecule has 0 N–H and O–H groups in total. The van der Waals surface area contributed by atoms with Gasteiger partial charge in [0.2, 0.25) is 10.0 Å². The number of ether oxygens (including phenoxy) is 2. The van der Waals surface area contributed by atoms with Gasteiger partial charge in [-0.05, 0) is 18.2 Å². The topological polar surface area (TPSA) is 103 Å². The number of rotatable bonds is 4. The molecular formula is C20H22N6O4S. The Bertz CT molecular complexity index is 1160. The second-order valence-electron chi connectivity index (χ2n) is 7.24. The summed E-state index contributed by atoms with van der Waals surface area (Å²) in [6.07, 6.45) is 5.76. The summed E-state index contributed by atoms with van der Waals surface area (Å²) in [7, 11) is -3.63. The first-order chi connectivity index (χ1) is 15.1. The Morgan fingerprint density at radius 1 is 0.903 bits per heavy atom. The first kappa shape index (κ1) is 19.8. The van der Waals surface area contributed by atoms with E-state index in [1.54, 1.807) is 29.1 Å². The number of aromatic nitrogens is 4. The minimum Gasteiger partial charge on any atom is -0.490 e. The van der Waals surface area contributed by atoms with E-state index in [0.717, 1.165) is 12.2 Å². The Labute approximate surface area is 180 Å². The van der Waals surface area contributed by atoms with Crippen LogP contribution in [0.3, 0.4) is 0 Å². The first-order valence-electron chi connectivity index (χ1n) is 10.1. The summed E-state index contributed by atoms with van der Waals surface area (Å²) in [5.74, 6) is 2.47. The van der Waals surface area contributed by atoms with Crippen LogP contribution in [0, 0.1) is 0 Å². The highest BCUT2D eigenvalue weighted by molar-refractivity contribution is 7.89. The molecule has 162 valence electrons. The minimum atomic E-state index is -3.63. The summed E-state index contributed by atoms with van der Waals surface area (Å²) >= 11 is 0. The van der Waals surface area contributed by atoms with E-state index in [4.69, 9.17) is 9.47 Å². The van der Waals surface area contributed by atoms with E-state index in [2.05, 4.69) is 20.0 Å². The highest BCUT2D eigenvalue weighted by Gasteiger charge is 2.30. The molecule has 0 amide bonds. The van der Waals surface area contributed by atoms with Gasteiger partial charge in [0.25, 0.3) is 0 Å². The smallest absolute Gasteiger partial charge is 0.243 e. The average molecular weight is 443 g/mol. The van der Waals surface area contributed by atoms with E-state index < -0.39 is 10.0 Å².